The molecule has 0 spiro atoms. The highest BCUT2D eigenvalue weighted by atomic mass is 32.2. The molecule has 3 rings (SSSR count). The van der Waals surface area contributed by atoms with E-state index in [1.54, 1.807) is 6.07 Å². The van der Waals surface area contributed by atoms with Crippen molar-refractivity contribution in [2.24, 2.45) is 0 Å². The summed E-state index contributed by atoms with van der Waals surface area (Å²) < 4.78 is 66.0. The first-order valence-corrected chi connectivity index (χ1v) is 10.2. The highest BCUT2D eigenvalue weighted by Crippen LogP contribution is 2.31. The van der Waals surface area contributed by atoms with Crippen LogP contribution in [0.1, 0.15) is 41.6 Å². The maximum Gasteiger partial charge on any atom is 0.416 e. The predicted molar refractivity (Wildman–Crippen MR) is 98.4 cm³/mol. The third-order valence-corrected chi connectivity index (χ3v) is 5.94. The lowest BCUT2D eigenvalue weighted by Crippen LogP contribution is -2.33. The van der Waals surface area contributed by atoms with E-state index >= 15 is 0 Å². The molecular formula is C19H19F3N2O3S. The first-order valence-electron chi connectivity index (χ1n) is 8.77. The lowest BCUT2D eigenvalue weighted by atomic mass is 10.1. The number of anilines is 1. The van der Waals surface area contributed by atoms with Gasteiger partial charge in [-0.25, -0.2) is 8.42 Å². The Morgan fingerprint density at radius 2 is 1.68 bits per heavy atom. The van der Waals surface area contributed by atoms with E-state index in [1.807, 2.05) is 0 Å². The van der Waals surface area contributed by atoms with E-state index < -0.39 is 32.6 Å². The molecule has 0 radical (unpaired) electrons. The van der Waals surface area contributed by atoms with Crippen molar-refractivity contribution in [3.8, 4) is 0 Å². The van der Waals surface area contributed by atoms with Crippen molar-refractivity contribution in [1.82, 2.24) is 5.32 Å². The standard InChI is InChI=1S/C19H19F3N2O3S/c20-19(21,22)13-6-5-9-15(12-13)28(26,27)24-17-11-4-3-10-16(17)18(25)23-14-7-1-2-8-14/h3-6,9-12,14,24H,1-2,7-8H2,(H,23,25). The number of hydrogen-bond acceptors (Lipinski definition) is 3. The van der Waals surface area contributed by atoms with Crippen LogP contribution < -0.4 is 10.0 Å². The smallest absolute Gasteiger partial charge is 0.349 e. The van der Waals surface area contributed by atoms with Crippen LogP contribution in [0.2, 0.25) is 0 Å². The van der Waals surface area contributed by atoms with Crippen molar-refractivity contribution in [2.45, 2.75) is 42.8 Å². The molecule has 0 aliphatic heterocycles. The number of amides is 1. The van der Waals surface area contributed by atoms with Gasteiger partial charge in [-0.15, -0.1) is 0 Å². The monoisotopic (exact) mass is 412 g/mol. The third-order valence-electron chi connectivity index (χ3n) is 4.58. The van der Waals surface area contributed by atoms with Crippen LogP contribution in [0.3, 0.4) is 0 Å². The molecule has 1 saturated carbocycles. The summed E-state index contributed by atoms with van der Waals surface area (Å²) in [5.74, 6) is -0.422. The van der Waals surface area contributed by atoms with Crippen LogP contribution in [0.25, 0.3) is 0 Å². The Morgan fingerprint density at radius 1 is 1.00 bits per heavy atom. The number of rotatable bonds is 5. The van der Waals surface area contributed by atoms with Gasteiger partial charge in [0, 0.05) is 6.04 Å². The number of carbonyl (C=O) groups is 1. The van der Waals surface area contributed by atoms with Gasteiger partial charge in [-0.3, -0.25) is 9.52 Å². The largest absolute Gasteiger partial charge is 0.416 e. The quantitative estimate of drug-likeness (QED) is 0.774. The lowest BCUT2D eigenvalue weighted by molar-refractivity contribution is -0.137. The van der Waals surface area contributed by atoms with Crippen molar-refractivity contribution in [2.75, 3.05) is 4.72 Å². The summed E-state index contributed by atoms with van der Waals surface area (Å²) in [7, 11) is -4.31. The lowest BCUT2D eigenvalue weighted by Gasteiger charge is -2.16. The first-order chi connectivity index (χ1) is 13.2. The topological polar surface area (TPSA) is 75.3 Å². The number of benzene rings is 2. The molecule has 150 valence electrons. The van der Waals surface area contributed by atoms with Gasteiger partial charge < -0.3 is 5.32 Å². The molecule has 0 aromatic heterocycles. The van der Waals surface area contributed by atoms with Gasteiger partial charge in [-0.1, -0.05) is 31.0 Å². The molecule has 0 atom stereocenters. The second-order valence-corrected chi connectivity index (χ2v) is 8.31. The van der Waals surface area contributed by atoms with Gasteiger partial charge in [0.15, 0.2) is 0 Å². The zero-order chi connectivity index (χ0) is 20.4. The van der Waals surface area contributed by atoms with Crippen LogP contribution >= 0.6 is 0 Å². The van der Waals surface area contributed by atoms with Crippen LogP contribution in [-0.2, 0) is 16.2 Å². The summed E-state index contributed by atoms with van der Waals surface area (Å²) in [6.45, 7) is 0. The van der Waals surface area contributed by atoms with Crippen molar-refractivity contribution >= 4 is 21.6 Å². The number of alkyl halides is 3. The highest BCUT2D eigenvalue weighted by Gasteiger charge is 2.32. The number of hydrogen-bond donors (Lipinski definition) is 2. The molecule has 2 N–H and O–H groups in total. The summed E-state index contributed by atoms with van der Waals surface area (Å²) in [5.41, 5.74) is -0.942. The number of nitrogens with one attached hydrogen (secondary N) is 2. The average molecular weight is 412 g/mol. The van der Waals surface area contributed by atoms with Crippen LogP contribution in [0, 0.1) is 0 Å². The van der Waals surface area contributed by atoms with E-state index in [1.165, 1.54) is 18.2 Å². The molecule has 1 aliphatic carbocycles. The van der Waals surface area contributed by atoms with Crippen LogP contribution in [0.4, 0.5) is 18.9 Å². The average Bonchev–Trinajstić information content (AvgIpc) is 3.14. The molecule has 0 bridgehead atoms. The Kier molecular flexibility index (Phi) is 5.64. The van der Waals surface area contributed by atoms with Crippen LogP contribution in [-0.4, -0.2) is 20.4 Å². The Morgan fingerprint density at radius 3 is 2.36 bits per heavy atom. The maximum atomic E-state index is 12.9. The van der Waals surface area contributed by atoms with E-state index in [9.17, 15) is 26.4 Å². The molecule has 1 fully saturated rings. The molecule has 0 saturated heterocycles. The van der Waals surface area contributed by atoms with Gasteiger partial charge >= 0.3 is 6.18 Å². The van der Waals surface area contributed by atoms with Gasteiger partial charge in [0.1, 0.15) is 0 Å². The fourth-order valence-electron chi connectivity index (χ4n) is 3.15. The van der Waals surface area contributed by atoms with E-state index in [4.69, 9.17) is 0 Å². The summed E-state index contributed by atoms with van der Waals surface area (Å²) >= 11 is 0. The Labute approximate surface area is 161 Å². The Balaban J connectivity index is 1.86. The molecule has 1 aliphatic rings. The highest BCUT2D eigenvalue weighted by molar-refractivity contribution is 7.92. The van der Waals surface area contributed by atoms with E-state index in [0.29, 0.717) is 6.07 Å². The van der Waals surface area contributed by atoms with Crippen LogP contribution in [0.5, 0.6) is 0 Å². The van der Waals surface area contributed by atoms with Gasteiger partial charge in [-0.05, 0) is 43.2 Å². The summed E-state index contributed by atoms with van der Waals surface area (Å²) in [6.07, 6.45) is -0.887. The number of carbonyl (C=O) groups excluding carboxylic acids is 1. The van der Waals surface area contributed by atoms with Crippen LogP contribution in [0.15, 0.2) is 53.4 Å². The summed E-state index contributed by atoms with van der Waals surface area (Å²) in [6, 6.07) is 9.48. The molecule has 0 heterocycles. The van der Waals surface area contributed by atoms with E-state index in [-0.39, 0.29) is 17.3 Å². The predicted octanol–water partition coefficient (Wildman–Crippen LogP) is 4.18. The SMILES string of the molecule is O=C(NC1CCCC1)c1ccccc1NS(=O)(=O)c1cccc(C(F)(F)F)c1. The number of halogens is 3. The zero-order valence-electron chi connectivity index (χ0n) is 14.8. The third kappa shape index (κ3) is 4.64. The second kappa shape index (κ2) is 7.83. The molecular weight excluding hydrogens is 393 g/mol. The second-order valence-electron chi connectivity index (χ2n) is 6.63. The van der Waals surface area contributed by atoms with E-state index in [0.717, 1.165) is 43.9 Å². The molecule has 9 heteroatoms. The van der Waals surface area contributed by atoms with Crippen molar-refractivity contribution in [3.63, 3.8) is 0 Å². The van der Waals surface area contributed by atoms with Gasteiger partial charge in [-0.2, -0.15) is 13.2 Å². The van der Waals surface area contributed by atoms with Crippen molar-refractivity contribution < 1.29 is 26.4 Å². The molecule has 28 heavy (non-hydrogen) atoms. The minimum Gasteiger partial charge on any atom is -0.349 e. The molecule has 5 nitrogen and oxygen atoms in total. The number of sulfonamides is 1. The molecule has 2 aromatic rings. The fourth-order valence-corrected chi connectivity index (χ4v) is 4.27. The normalized spacial score (nSPS) is 15.4. The Hall–Kier alpha value is -2.55. The van der Waals surface area contributed by atoms with Crippen molar-refractivity contribution in [1.29, 1.82) is 0 Å². The van der Waals surface area contributed by atoms with Gasteiger partial charge in [0.05, 0.1) is 21.7 Å². The molecule has 0 unspecified atom stereocenters. The minimum atomic E-state index is -4.66. The van der Waals surface area contributed by atoms with Gasteiger partial charge in [0.2, 0.25) is 0 Å². The maximum absolute atomic E-state index is 12.9. The first kappa shape index (κ1) is 20.2. The minimum absolute atomic E-state index is 0.00964. The zero-order valence-corrected chi connectivity index (χ0v) is 15.6. The van der Waals surface area contributed by atoms with Crippen molar-refractivity contribution in [3.05, 3.63) is 59.7 Å². The summed E-state index contributed by atoms with van der Waals surface area (Å²) in [5, 5.41) is 2.87. The molecule has 2 aromatic carbocycles. The Bertz CT molecular complexity index is 968. The summed E-state index contributed by atoms with van der Waals surface area (Å²) in [4.78, 5) is 12.0. The molecule has 1 amide bonds. The van der Waals surface area contributed by atoms with Gasteiger partial charge in [0.25, 0.3) is 15.9 Å². The van der Waals surface area contributed by atoms with E-state index in [2.05, 4.69) is 10.0 Å². The number of para-hydroxylation sites is 1. The fraction of sp³-hybridized carbons (Fsp3) is 0.316.